The predicted octanol–water partition coefficient (Wildman–Crippen LogP) is 3.28. The number of carbonyl (C=O) groups excluding carboxylic acids is 2. The summed E-state index contributed by atoms with van der Waals surface area (Å²) in [6, 6.07) is 7.01. The van der Waals surface area contributed by atoms with Gasteiger partial charge in [-0.3, -0.25) is 14.5 Å². The fraction of sp³-hybridized carbons (Fsp3) is 0.417. The van der Waals surface area contributed by atoms with Gasteiger partial charge in [0.2, 0.25) is 0 Å². The van der Waals surface area contributed by atoms with E-state index in [4.69, 9.17) is 4.74 Å². The number of rotatable bonds is 4. The Morgan fingerprint density at radius 2 is 1.57 bits per heavy atom. The summed E-state index contributed by atoms with van der Waals surface area (Å²) in [5.41, 5.74) is -0.798. The van der Waals surface area contributed by atoms with Crippen molar-refractivity contribution in [2.24, 2.45) is 0 Å². The Bertz CT molecular complexity index is 1070. The number of hydrogen-bond donors (Lipinski definition) is 0. The Morgan fingerprint density at radius 3 is 2.20 bits per heavy atom. The zero-order valence-corrected chi connectivity index (χ0v) is 18.7. The van der Waals surface area contributed by atoms with Crippen molar-refractivity contribution in [3.63, 3.8) is 0 Å². The minimum atomic E-state index is -4.46. The average Bonchev–Trinajstić information content (AvgIpc) is 2.83. The summed E-state index contributed by atoms with van der Waals surface area (Å²) in [7, 11) is 0. The summed E-state index contributed by atoms with van der Waals surface area (Å²) in [6.07, 6.45) is -4.77. The molecule has 11 heteroatoms. The number of ether oxygens (including phenoxy) is 1. The molecule has 4 rings (SSSR count). The molecular weight excluding hydrogens is 473 g/mol. The maximum Gasteiger partial charge on any atom is 0.416 e. The first-order chi connectivity index (χ1) is 16.6. The first-order valence-electron chi connectivity index (χ1n) is 11.2. The second-order valence-corrected chi connectivity index (χ2v) is 8.54. The van der Waals surface area contributed by atoms with Crippen LogP contribution in [0.2, 0.25) is 0 Å². The molecule has 6 nitrogen and oxygen atoms in total. The molecular formula is C24H24F5N3O3. The van der Waals surface area contributed by atoms with Crippen molar-refractivity contribution < 1.29 is 36.3 Å². The first kappa shape index (κ1) is 25.1. The minimum absolute atomic E-state index is 0.192. The highest BCUT2D eigenvalue weighted by Gasteiger charge is 2.32. The van der Waals surface area contributed by atoms with Gasteiger partial charge in [-0.15, -0.1) is 0 Å². The molecule has 2 aromatic carbocycles. The van der Waals surface area contributed by atoms with Crippen LogP contribution in [0.15, 0.2) is 42.5 Å². The van der Waals surface area contributed by atoms with E-state index >= 15 is 0 Å². The van der Waals surface area contributed by atoms with Crippen LogP contribution in [0, 0.1) is 11.6 Å². The van der Waals surface area contributed by atoms with E-state index in [2.05, 4.69) is 4.90 Å². The van der Waals surface area contributed by atoms with E-state index in [1.54, 1.807) is 4.90 Å². The number of carbonyl (C=O) groups is 2. The van der Waals surface area contributed by atoms with Crippen LogP contribution < -0.4 is 0 Å². The van der Waals surface area contributed by atoms with Gasteiger partial charge in [-0.05, 0) is 36.4 Å². The molecule has 0 spiro atoms. The lowest BCUT2D eigenvalue weighted by Gasteiger charge is -2.39. The number of nitrogens with zero attached hydrogens (tertiary/aromatic N) is 3. The van der Waals surface area contributed by atoms with Gasteiger partial charge in [0.25, 0.3) is 11.8 Å². The number of amides is 2. The Labute approximate surface area is 198 Å². The second-order valence-electron chi connectivity index (χ2n) is 8.54. The summed E-state index contributed by atoms with van der Waals surface area (Å²) in [4.78, 5) is 30.5. The molecule has 2 saturated heterocycles. The molecule has 0 radical (unpaired) electrons. The van der Waals surface area contributed by atoms with Gasteiger partial charge in [-0.25, -0.2) is 8.78 Å². The lowest BCUT2D eigenvalue weighted by molar-refractivity contribution is -0.137. The Morgan fingerprint density at radius 1 is 0.886 bits per heavy atom. The predicted molar refractivity (Wildman–Crippen MR) is 116 cm³/mol. The number of morpholine rings is 1. The molecule has 2 aromatic rings. The van der Waals surface area contributed by atoms with Crippen LogP contribution >= 0.6 is 0 Å². The Kier molecular flexibility index (Phi) is 7.36. The van der Waals surface area contributed by atoms with Crippen LogP contribution in [-0.2, 0) is 10.9 Å². The van der Waals surface area contributed by atoms with E-state index < -0.39 is 29.3 Å². The fourth-order valence-corrected chi connectivity index (χ4v) is 4.25. The molecule has 35 heavy (non-hydrogen) atoms. The fourth-order valence-electron chi connectivity index (χ4n) is 4.25. The second kappa shape index (κ2) is 10.3. The molecule has 1 atom stereocenters. The molecule has 0 aliphatic carbocycles. The average molecular weight is 497 g/mol. The summed E-state index contributed by atoms with van der Waals surface area (Å²) in [6.45, 7) is 3.19. The molecule has 0 aromatic heterocycles. The number of piperazine rings is 1. The monoisotopic (exact) mass is 497 g/mol. The molecule has 2 heterocycles. The van der Waals surface area contributed by atoms with Crippen molar-refractivity contribution in [1.29, 1.82) is 0 Å². The Hall–Kier alpha value is -3.05. The minimum Gasteiger partial charge on any atom is -0.373 e. The molecule has 0 N–H and O–H groups in total. The lowest BCUT2D eigenvalue weighted by atomic mass is 10.1. The van der Waals surface area contributed by atoms with E-state index in [9.17, 15) is 31.5 Å². The number of halogens is 5. The van der Waals surface area contributed by atoms with Crippen molar-refractivity contribution >= 4 is 11.8 Å². The highest BCUT2D eigenvalue weighted by Crippen LogP contribution is 2.29. The highest BCUT2D eigenvalue weighted by molar-refractivity contribution is 5.95. The molecule has 2 aliphatic heterocycles. The maximum absolute atomic E-state index is 14.0. The van der Waals surface area contributed by atoms with E-state index in [0.29, 0.717) is 45.3 Å². The van der Waals surface area contributed by atoms with Crippen molar-refractivity contribution in [3.8, 4) is 0 Å². The van der Waals surface area contributed by atoms with Gasteiger partial charge in [-0.1, -0.05) is 0 Å². The molecule has 2 aliphatic rings. The quantitative estimate of drug-likeness (QED) is 0.609. The van der Waals surface area contributed by atoms with E-state index in [1.807, 2.05) is 0 Å². The van der Waals surface area contributed by atoms with Crippen LogP contribution in [0.25, 0.3) is 0 Å². The number of benzene rings is 2. The number of alkyl halides is 3. The van der Waals surface area contributed by atoms with Crippen molar-refractivity contribution in [3.05, 3.63) is 70.8 Å². The maximum atomic E-state index is 14.0. The van der Waals surface area contributed by atoms with Gasteiger partial charge in [0, 0.05) is 57.4 Å². The molecule has 2 fully saturated rings. The summed E-state index contributed by atoms with van der Waals surface area (Å²) >= 11 is 0. The lowest BCUT2D eigenvalue weighted by Crippen LogP contribution is -2.54. The van der Waals surface area contributed by atoms with Gasteiger partial charge >= 0.3 is 6.18 Å². The molecule has 188 valence electrons. The topological polar surface area (TPSA) is 53.1 Å². The van der Waals surface area contributed by atoms with E-state index in [0.717, 1.165) is 24.3 Å². The normalized spacial score (nSPS) is 19.6. The standard InChI is InChI=1S/C24H24F5N3O3/c25-18-5-6-20(21(26)13-18)23(34)32-11-12-35-19(15-32)14-30-7-9-31(10-8-30)22(33)16-1-3-17(4-2-16)24(27,28)29/h1-6,13,19H,7-12,14-15H2. The molecule has 0 bridgehead atoms. The SMILES string of the molecule is O=C(c1ccc(C(F)(F)F)cc1)N1CCN(CC2CN(C(=O)c3ccc(F)cc3F)CCO2)CC1. The molecule has 1 unspecified atom stereocenters. The largest absolute Gasteiger partial charge is 0.416 e. The van der Waals surface area contributed by atoms with Crippen molar-refractivity contribution in [2.75, 3.05) is 52.4 Å². The molecule has 0 saturated carbocycles. The van der Waals surface area contributed by atoms with Gasteiger partial charge in [0.1, 0.15) is 11.6 Å². The van der Waals surface area contributed by atoms with Crippen molar-refractivity contribution in [1.82, 2.24) is 14.7 Å². The number of hydrogen-bond acceptors (Lipinski definition) is 4. The van der Waals surface area contributed by atoms with Crippen LogP contribution in [0.5, 0.6) is 0 Å². The van der Waals surface area contributed by atoms with Crippen LogP contribution in [0.4, 0.5) is 22.0 Å². The Balaban J connectivity index is 1.28. The van der Waals surface area contributed by atoms with E-state index in [1.165, 1.54) is 17.0 Å². The van der Waals surface area contributed by atoms with Crippen LogP contribution in [0.3, 0.4) is 0 Å². The zero-order valence-electron chi connectivity index (χ0n) is 18.7. The van der Waals surface area contributed by atoms with Crippen LogP contribution in [0.1, 0.15) is 26.3 Å². The summed E-state index contributed by atoms with van der Waals surface area (Å²) in [5, 5.41) is 0. The first-order valence-corrected chi connectivity index (χ1v) is 11.2. The third kappa shape index (κ3) is 5.96. The van der Waals surface area contributed by atoms with E-state index in [-0.39, 0.29) is 36.3 Å². The van der Waals surface area contributed by atoms with Crippen molar-refractivity contribution in [2.45, 2.75) is 12.3 Å². The van der Waals surface area contributed by atoms with Gasteiger partial charge in [0.05, 0.1) is 23.8 Å². The summed E-state index contributed by atoms with van der Waals surface area (Å²) in [5.74, 6) is -2.52. The highest BCUT2D eigenvalue weighted by atomic mass is 19.4. The van der Waals surface area contributed by atoms with Gasteiger partial charge in [0.15, 0.2) is 0 Å². The third-order valence-electron chi connectivity index (χ3n) is 6.17. The third-order valence-corrected chi connectivity index (χ3v) is 6.17. The van der Waals surface area contributed by atoms with Gasteiger partial charge < -0.3 is 14.5 Å². The smallest absolute Gasteiger partial charge is 0.373 e. The summed E-state index contributed by atoms with van der Waals surface area (Å²) < 4.78 is 71.1. The van der Waals surface area contributed by atoms with Crippen LogP contribution in [-0.4, -0.2) is 85.0 Å². The molecule has 2 amide bonds. The van der Waals surface area contributed by atoms with Gasteiger partial charge in [-0.2, -0.15) is 13.2 Å². The zero-order chi connectivity index (χ0) is 25.2.